The first-order valence-corrected chi connectivity index (χ1v) is 5.01. The molecule has 0 aliphatic carbocycles. The molecule has 0 radical (unpaired) electrons. The zero-order valence-electron chi connectivity index (χ0n) is 7.71. The van der Waals surface area contributed by atoms with Crippen molar-refractivity contribution in [1.82, 2.24) is 15.6 Å². The summed E-state index contributed by atoms with van der Waals surface area (Å²) in [7, 11) is 0. The van der Waals surface area contributed by atoms with Crippen LogP contribution in [0, 0.1) is 0 Å². The Hall–Kier alpha value is -2.16. The zero-order valence-corrected chi connectivity index (χ0v) is 8.52. The van der Waals surface area contributed by atoms with Crippen LogP contribution in [0.25, 0.3) is 0 Å². The molecule has 1 aliphatic heterocycles. The molecular formula is C7H5N5O3S. The molecule has 1 aromatic rings. The highest BCUT2D eigenvalue weighted by Gasteiger charge is 2.34. The fourth-order valence-corrected chi connectivity index (χ4v) is 1.45. The summed E-state index contributed by atoms with van der Waals surface area (Å²) >= 11 is 1.21. The zero-order chi connectivity index (χ0) is 11.5. The van der Waals surface area contributed by atoms with Crippen molar-refractivity contribution in [2.75, 3.05) is 0 Å². The molecule has 2 N–H and O–H groups in total. The molecule has 0 aromatic carbocycles. The number of nitrogens with zero attached hydrogens (tertiary/aromatic N) is 3. The number of thiazole rings is 1. The lowest BCUT2D eigenvalue weighted by Gasteiger charge is -2.15. The van der Waals surface area contributed by atoms with E-state index in [-0.39, 0.29) is 0 Å². The van der Waals surface area contributed by atoms with Crippen LogP contribution in [0.3, 0.4) is 0 Å². The van der Waals surface area contributed by atoms with Gasteiger partial charge in [0.1, 0.15) is 0 Å². The Balaban J connectivity index is 2.12. The number of barbiturate groups is 1. The number of imide groups is 2. The number of amides is 4. The Labute approximate surface area is 92.8 Å². The van der Waals surface area contributed by atoms with Crippen LogP contribution < -0.4 is 10.6 Å². The van der Waals surface area contributed by atoms with Crippen molar-refractivity contribution in [3.63, 3.8) is 0 Å². The van der Waals surface area contributed by atoms with Gasteiger partial charge < -0.3 is 0 Å². The summed E-state index contributed by atoms with van der Waals surface area (Å²) in [6.07, 6.45) is 1.52. The van der Waals surface area contributed by atoms with Gasteiger partial charge in [-0.15, -0.1) is 16.5 Å². The highest BCUT2D eigenvalue weighted by molar-refractivity contribution is 7.13. The maximum atomic E-state index is 11.2. The smallest absolute Gasteiger partial charge is 0.275 e. The highest BCUT2D eigenvalue weighted by atomic mass is 32.1. The maximum absolute atomic E-state index is 11.2. The van der Waals surface area contributed by atoms with Crippen molar-refractivity contribution >= 4 is 34.3 Å². The van der Waals surface area contributed by atoms with E-state index in [0.29, 0.717) is 5.13 Å². The number of hydrogen-bond acceptors (Lipinski definition) is 7. The van der Waals surface area contributed by atoms with E-state index in [9.17, 15) is 14.4 Å². The van der Waals surface area contributed by atoms with Crippen LogP contribution in [0.5, 0.6) is 0 Å². The number of aromatic nitrogens is 1. The molecule has 1 aliphatic rings. The maximum Gasteiger partial charge on any atom is 0.328 e. The van der Waals surface area contributed by atoms with E-state index in [1.54, 1.807) is 5.38 Å². The van der Waals surface area contributed by atoms with E-state index in [2.05, 4.69) is 15.2 Å². The number of carbonyl (C=O) groups is 3. The van der Waals surface area contributed by atoms with E-state index >= 15 is 0 Å². The second-order valence-corrected chi connectivity index (χ2v) is 3.61. The molecule has 0 unspecified atom stereocenters. The van der Waals surface area contributed by atoms with Crippen molar-refractivity contribution < 1.29 is 14.4 Å². The Bertz CT molecular complexity index is 448. The molecule has 0 spiro atoms. The summed E-state index contributed by atoms with van der Waals surface area (Å²) in [6.45, 7) is 0. The predicted molar refractivity (Wildman–Crippen MR) is 52.1 cm³/mol. The molecule has 16 heavy (non-hydrogen) atoms. The van der Waals surface area contributed by atoms with E-state index < -0.39 is 23.9 Å². The van der Waals surface area contributed by atoms with Crippen LogP contribution >= 0.6 is 11.3 Å². The van der Waals surface area contributed by atoms with Gasteiger partial charge in [-0.05, 0) is 0 Å². The Morgan fingerprint density at radius 2 is 1.94 bits per heavy atom. The third kappa shape index (κ3) is 2.08. The number of nitrogens with one attached hydrogen (secondary N) is 2. The number of hydrogen-bond donors (Lipinski definition) is 2. The standard InChI is InChI=1S/C7H5N5O3S/c13-4-3(5(14)10-6(15)9-4)11-12-7-8-1-2-16-7/h1-3H,(H2,9,10,13,14,15). The van der Waals surface area contributed by atoms with E-state index in [1.807, 2.05) is 10.6 Å². The lowest BCUT2D eigenvalue weighted by atomic mass is 10.2. The van der Waals surface area contributed by atoms with Gasteiger partial charge in [-0.3, -0.25) is 20.2 Å². The first-order chi connectivity index (χ1) is 7.66. The van der Waals surface area contributed by atoms with Crippen LogP contribution in [-0.2, 0) is 9.59 Å². The van der Waals surface area contributed by atoms with Gasteiger partial charge in [0, 0.05) is 11.6 Å². The summed E-state index contributed by atoms with van der Waals surface area (Å²) in [5.74, 6) is -1.59. The summed E-state index contributed by atoms with van der Waals surface area (Å²) in [5.41, 5.74) is 0. The summed E-state index contributed by atoms with van der Waals surface area (Å²) in [4.78, 5) is 36.9. The van der Waals surface area contributed by atoms with Gasteiger partial charge in [0.2, 0.25) is 11.2 Å². The first-order valence-electron chi connectivity index (χ1n) is 4.13. The minimum absolute atomic E-state index is 0.331. The van der Waals surface area contributed by atoms with Gasteiger partial charge in [-0.1, -0.05) is 0 Å². The van der Waals surface area contributed by atoms with Gasteiger partial charge in [-0.25, -0.2) is 9.78 Å². The van der Waals surface area contributed by atoms with Crippen molar-refractivity contribution in [2.45, 2.75) is 6.04 Å². The lowest BCUT2D eigenvalue weighted by Crippen LogP contribution is -2.57. The number of carbonyl (C=O) groups excluding carboxylic acids is 3. The largest absolute Gasteiger partial charge is 0.328 e. The topological polar surface area (TPSA) is 113 Å². The molecule has 4 amide bonds. The fraction of sp³-hybridized carbons (Fsp3) is 0.143. The fourth-order valence-electron chi connectivity index (χ4n) is 0.988. The van der Waals surface area contributed by atoms with Crippen molar-refractivity contribution in [1.29, 1.82) is 0 Å². The molecule has 0 atom stereocenters. The Kier molecular flexibility index (Phi) is 2.68. The summed E-state index contributed by atoms with van der Waals surface area (Å²) in [6, 6.07) is -2.20. The van der Waals surface area contributed by atoms with Crippen molar-refractivity contribution in [3.05, 3.63) is 11.6 Å². The van der Waals surface area contributed by atoms with E-state index in [4.69, 9.17) is 0 Å². The van der Waals surface area contributed by atoms with Crippen LogP contribution in [0.2, 0.25) is 0 Å². The van der Waals surface area contributed by atoms with Crippen LogP contribution in [-0.4, -0.2) is 28.9 Å². The quantitative estimate of drug-likeness (QED) is 0.556. The third-order valence-corrected chi connectivity index (χ3v) is 2.30. The van der Waals surface area contributed by atoms with E-state index in [1.165, 1.54) is 17.5 Å². The minimum Gasteiger partial charge on any atom is -0.275 e. The Morgan fingerprint density at radius 1 is 1.25 bits per heavy atom. The molecule has 0 bridgehead atoms. The van der Waals surface area contributed by atoms with Gasteiger partial charge in [0.25, 0.3) is 11.8 Å². The first kappa shape index (κ1) is 10.4. The Morgan fingerprint density at radius 3 is 2.50 bits per heavy atom. The third-order valence-electron chi connectivity index (χ3n) is 1.65. The summed E-state index contributed by atoms with van der Waals surface area (Å²) < 4.78 is 0. The average molecular weight is 239 g/mol. The molecule has 82 valence electrons. The van der Waals surface area contributed by atoms with Crippen LogP contribution in [0.15, 0.2) is 21.8 Å². The molecule has 1 fully saturated rings. The molecule has 8 nitrogen and oxygen atoms in total. The molecule has 0 saturated carbocycles. The van der Waals surface area contributed by atoms with Gasteiger partial charge in [-0.2, -0.15) is 5.11 Å². The molecule has 2 heterocycles. The van der Waals surface area contributed by atoms with Crippen LogP contribution in [0.4, 0.5) is 9.93 Å². The van der Waals surface area contributed by atoms with Crippen molar-refractivity contribution in [2.24, 2.45) is 10.2 Å². The lowest BCUT2D eigenvalue weighted by molar-refractivity contribution is -0.131. The minimum atomic E-state index is -1.35. The average Bonchev–Trinajstić information content (AvgIpc) is 2.68. The second kappa shape index (κ2) is 4.14. The van der Waals surface area contributed by atoms with E-state index in [0.717, 1.165) is 0 Å². The number of rotatable bonds is 2. The molecule has 1 saturated heterocycles. The van der Waals surface area contributed by atoms with Crippen LogP contribution in [0.1, 0.15) is 0 Å². The number of urea groups is 1. The second-order valence-electron chi connectivity index (χ2n) is 2.74. The molecular weight excluding hydrogens is 234 g/mol. The molecule has 1 aromatic heterocycles. The van der Waals surface area contributed by atoms with Gasteiger partial charge >= 0.3 is 6.03 Å². The number of azo groups is 1. The predicted octanol–water partition coefficient (Wildman–Crippen LogP) is -0.0386. The van der Waals surface area contributed by atoms with Gasteiger partial charge in [0.05, 0.1) is 0 Å². The molecule has 2 rings (SSSR count). The highest BCUT2D eigenvalue weighted by Crippen LogP contribution is 2.15. The van der Waals surface area contributed by atoms with Crippen molar-refractivity contribution in [3.8, 4) is 0 Å². The van der Waals surface area contributed by atoms with Gasteiger partial charge in [0.15, 0.2) is 0 Å². The normalized spacial score (nSPS) is 17.6. The summed E-state index contributed by atoms with van der Waals surface area (Å²) in [5, 5.41) is 13.0. The SMILES string of the molecule is O=C1NC(=O)C(N=Nc2nccs2)C(=O)N1. The monoisotopic (exact) mass is 239 g/mol. The molecule has 9 heteroatoms.